The topological polar surface area (TPSA) is 25.2 Å². The maximum Gasteiger partial charge on any atom is 0.137 e. The van der Waals surface area contributed by atoms with E-state index >= 15 is 0 Å². The molecule has 0 saturated heterocycles. The zero-order valence-electron chi connectivity index (χ0n) is 13.8. The second kappa shape index (κ2) is 7.93. The van der Waals surface area contributed by atoms with Crippen LogP contribution in [0.1, 0.15) is 37.1 Å². The molecule has 3 heteroatoms. The molecule has 1 unspecified atom stereocenters. The molecule has 124 valence electrons. The van der Waals surface area contributed by atoms with E-state index in [9.17, 15) is 4.39 Å². The highest BCUT2D eigenvalue weighted by Crippen LogP contribution is 2.25. The molecule has 0 spiro atoms. The Balaban J connectivity index is 1.69. The number of hydrogen-bond acceptors (Lipinski definition) is 2. The van der Waals surface area contributed by atoms with Crippen molar-refractivity contribution in [2.24, 2.45) is 0 Å². The van der Waals surface area contributed by atoms with Gasteiger partial charge in [-0.15, -0.1) is 0 Å². The van der Waals surface area contributed by atoms with Crippen molar-refractivity contribution in [2.75, 3.05) is 0 Å². The van der Waals surface area contributed by atoms with E-state index in [2.05, 4.69) is 36.5 Å². The van der Waals surface area contributed by atoms with Gasteiger partial charge in [-0.2, -0.15) is 0 Å². The number of nitrogens with one attached hydrogen (secondary N) is 1. The van der Waals surface area contributed by atoms with Gasteiger partial charge >= 0.3 is 0 Å². The number of benzene rings is 2. The molecule has 3 rings (SSSR count). The summed E-state index contributed by atoms with van der Waals surface area (Å²) in [6.45, 7) is 2.80. The third-order valence-electron chi connectivity index (χ3n) is 4.10. The number of hydrogen-bond donors (Lipinski definition) is 1. The zero-order valence-corrected chi connectivity index (χ0v) is 13.8. The summed E-state index contributed by atoms with van der Waals surface area (Å²) < 4.78 is 19.7. The second-order valence-electron chi connectivity index (χ2n) is 5.88. The van der Waals surface area contributed by atoms with Crippen LogP contribution < -0.4 is 5.32 Å². The van der Waals surface area contributed by atoms with Crippen LogP contribution in [0.3, 0.4) is 0 Å². The molecule has 0 amide bonds. The molecule has 2 aromatic carbocycles. The van der Waals surface area contributed by atoms with E-state index in [1.165, 1.54) is 11.6 Å². The molecule has 3 aromatic rings. The van der Waals surface area contributed by atoms with Crippen LogP contribution in [0.15, 0.2) is 71.1 Å². The van der Waals surface area contributed by atoms with Crippen LogP contribution in [0.2, 0.25) is 0 Å². The molecule has 0 aliphatic carbocycles. The molecule has 0 aliphatic heterocycles. The maximum atomic E-state index is 13.8. The summed E-state index contributed by atoms with van der Waals surface area (Å²) in [6, 6.07) is 21.1. The highest BCUT2D eigenvalue weighted by atomic mass is 19.1. The first-order valence-electron chi connectivity index (χ1n) is 8.40. The first-order chi connectivity index (χ1) is 11.8. The molecule has 0 fully saturated rings. The molecule has 0 bridgehead atoms. The minimum Gasteiger partial charge on any atom is -0.460 e. The van der Waals surface area contributed by atoms with Gasteiger partial charge in [-0.25, -0.2) is 4.39 Å². The second-order valence-corrected chi connectivity index (χ2v) is 5.88. The van der Waals surface area contributed by atoms with E-state index < -0.39 is 0 Å². The Bertz CT molecular complexity index is 766. The first-order valence-corrected chi connectivity index (χ1v) is 8.40. The quantitative estimate of drug-likeness (QED) is 0.602. The van der Waals surface area contributed by atoms with Crippen LogP contribution in [-0.4, -0.2) is 0 Å². The van der Waals surface area contributed by atoms with Crippen LogP contribution >= 0.6 is 0 Å². The lowest BCUT2D eigenvalue weighted by molar-refractivity contribution is 0.438. The van der Waals surface area contributed by atoms with Crippen LogP contribution in [0.4, 0.5) is 4.39 Å². The Hall–Kier alpha value is -2.39. The Morgan fingerprint density at radius 3 is 2.46 bits per heavy atom. The highest BCUT2D eigenvalue weighted by Gasteiger charge is 2.12. The summed E-state index contributed by atoms with van der Waals surface area (Å²) in [7, 11) is 0. The van der Waals surface area contributed by atoms with E-state index in [-0.39, 0.29) is 5.82 Å². The van der Waals surface area contributed by atoms with Gasteiger partial charge < -0.3 is 9.73 Å². The van der Waals surface area contributed by atoms with Gasteiger partial charge in [0, 0.05) is 6.04 Å². The molecule has 0 saturated carbocycles. The average molecular weight is 323 g/mol. The monoisotopic (exact) mass is 323 g/mol. The van der Waals surface area contributed by atoms with Gasteiger partial charge in [-0.1, -0.05) is 55.8 Å². The van der Waals surface area contributed by atoms with Crippen molar-refractivity contribution in [3.63, 3.8) is 0 Å². The van der Waals surface area contributed by atoms with E-state index in [1.54, 1.807) is 12.1 Å². The van der Waals surface area contributed by atoms with Gasteiger partial charge in [0.2, 0.25) is 0 Å². The van der Waals surface area contributed by atoms with Gasteiger partial charge in [-0.3, -0.25) is 0 Å². The summed E-state index contributed by atoms with van der Waals surface area (Å²) in [6.07, 6.45) is 2.16. The normalized spacial score (nSPS) is 12.2. The first kappa shape index (κ1) is 16.5. The fourth-order valence-electron chi connectivity index (χ4n) is 2.86. The molecular formula is C21H22FNO. The fourth-order valence-corrected chi connectivity index (χ4v) is 2.86. The molecule has 2 nitrogen and oxygen atoms in total. The van der Waals surface area contributed by atoms with Gasteiger partial charge in [0.15, 0.2) is 0 Å². The van der Waals surface area contributed by atoms with Gasteiger partial charge in [-0.05, 0) is 36.2 Å². The highest BCUT2D eigenvalue weighted by molar-refractivity contribution is 5.58. The Kier molecular flexibility index (Phi) is 5.44. The van der Waals surface area contributed by atoms with E-state index in [0.29, 0.717) is 23.9 Å². The van der Waals surface area contributed by atoms with Crippen molar-refractivity contribution in [3.05, 3.63) is 83.9 Å². The standard InChI is InChI=1S/C21H22FNO/c1-2-8-20(16-9-4-3-5-10-16)23-15-17-13-14-21(24-17)18-11-6-7-12-19(18)22/h3-7,9-14,20,23H,2,8,15H2,1H3. The number of halogens is 1. The van der Waals surface area contributed by atoms with Crippen molar-refractivity contribution in [3.8, 4) is 11.3 Å². The lowest BCUT2D eigenvalue weighted by Gasteiger charge is -2.17. The average Bonchev–Trinajstić information content (AvgIpc) is 3.08. The zero-order chi connectivity index (χ0) is 16.8. The van der Waals surface area contributed by atoms with E-state index in [0.717, 1.165) is 18.6 Å². The lowest BCUT2D eigenvalue weighted by Crippen LogP contribution is -2.20. The molecular weight excluding hydrogens is 301 g/mol. The Labute approximate surface area is 142 Å². The van der Waals surface area contributed by atoms with Gasteiger partial charge in [0.1, 0.15) is 17.3 Å². The third kappa shape index (κ3) is 3.92. The molecule has 1 aromatic heterocycles. The van der Waals surface area contributed by atoms with E-state index in [4.69, 9.17) is 4.42 Å². The summed E-state index contributed by atoms with van der Waals surface area (Å²) in [5.41, 5.74) is 1.78. The molecule has 1 heterocycles. The molecule has 0 aliphatic rings. The van der Waals surface area contributed by atoms with Crippen molar-refractivity contribution in [2.45, 2.75) is 32.4 Å². The Morgan fingerprint density at radius 2 is 1.71 bits per heavy atom. The molecule has 0 radical (unpaired) electrons. The van der Waals surface area contributed by atoms with Gasteiger partial charge in [0.05, 0.1) is 12.1 Å². The Morgan fingerprint density at radius 1 is 0.958 bits per heavy atom. The summed E-state index contributed by atoms with van der Waals surface area (Å²) in [5, 5.41) is 3.55. The van der Waals surface area contributed by atoms with E-state index in [1.807, 2.05) is 24.3 Å². The minimum atomic E-state index is -0.264. The predicted octanol–water partition coefficient (Wildman–Crippen LogP) is 5.72. The number of furan rings is 1. The summed E-state index contributed by atoms with van der Waals surface area (Å²) in [4.78, 5) is 0. The minimum absolute atomic E-state index is 0.264. The van der Waals surface area contributed by atoms with Crippen LogP contribution in [0.5, 0.6) is 0 Å². The number of rotatable bonds is 7. The van der Waals surface area contributed by atoms with Gasteiger partial charge in [0.25, 0.3) is 0 Å². The summed E-state index contributed by atoms with van der Waals surface area (Å²) >= 11 is 0. The van der Waals surface area contributed by atoms with Crippen molar-refractivity contribution >= 4 is 0 Å². The summed E-state index contributed by atoms with van der Waals surface area (Å²) in [5.74, 6) is 1.11. The predicted molar refractivity (Wildman–Crippen MR) is 95.0 cm³/mol. The largest absolute Gasteiger partial charge is 0.460 e. The lowest BCUT2D eigenvalue weighted by atomic mass is 10.0. The molecule has 1 atom stereocenters. The maximum absolute atomic E-state index is 13.8. The SMILES string of the molecule is CCCC(NCc1ccc(-c2ccccc2F)o1)c1ccccc1. The van der Waals surface area contributed by atoms with Crippen molar-refractivity contribution < 1.29 is 8.81 Å². The van der Waals surface area contributed by atoms with Crippen LogP contribution in [0, 0.1) is 5.82 Å². The van der Waals surface area contributed by atoms with Crippen molar-refractivity contribution in [1.29, 1.82) is 0 Å². The fraction of sp³-hybridized carbons (Fsp3) is 0.238. The van der Waals surface area contributed by atoms with Crippen LogP contribution in [-0.2, 0) is 6.54 Å². The molecule has 1 N–H and O–H groups in total. The van der Waals surface area contributed by atoms with Crippen LogP contribution in [0.25, 0.3) is 11.3 Å². The third-order valence-corrected chi connectivity index (χ3v) is 4.10. The molecule has 24 heavy (non-hydrogen) atoms. The van der Waals surface area contributed by atoms with Crippen molar-refractivity contribution in [1.82, 2.24) is 5.32 Å². The smallest absolute Gasteiger partial charge is 0.137 e.